The largest absolute Gasteiger partial charge is 0.373 e. The van der Waals surface area contributed by atoms with Gasteiger partial charge in [0.1, 0.15) is 23.8 Å². The van der Waals surface area contributed by atoms with E-state index in [0.717, 1.165) is 35.6 Å². The van der Waals surface area contributed by atoms with Crippen molar-refractivity contribution in [1.29, 1.82) is 0 Å². The molecule has 0 radical (unpaired) electrons. The molecule has 0 amide bonds. The van der Waals surface area contributed by atoms with Gasteiger partial charge in [0.2, 0.25) is 0 Å². The maximum atomic E-state index is 13.0. The first-order chi connectivity index (χ1) is 10.2. The van der Waals surface area contributed by atoms with Gasteiger partial charge >= 0.3 is 0 Å². The predicted octanol–water partition coefficient (Wildman–Crippen LogP) is 3.78. The number of hydrogen-bond donors (Lipinski definition) is 2. The zero-order valence-corrected chi connectivity index (χ0v) is 12.7. The van der Waals surface area contributed by atoms with Crippen LogP contribution < -0.4 is 10.6 Å². The lowest BCUT2D eigenvalue weighted by Gasteiger charge is -2.18. The van der Waals surface area contributed by atoms with E-state index < -0.39 is 0 Å². The molecule has 1 aromatic carbocycles. The van der Waals surface area contributed by atoms with Crippen molar-refractivity contribution in [2.24, 2.45) is 0 Å². The van der Waals surface area contributed by atoms with Crippen LogP contribution in [-0.4, -0.2) is 17.0 Å². The Morgan fingerprint density at radius 1 is 1.14 bits per heavy atom. The third-order valence-electron chi connectivity index (χ3n) is 3.41. The van der Waals surface area contributed by atoms with Gasteiger partial charge in [-0.25, -0.2) is 14.4 Å². The lowest BCUT2D eigenvalue weighted by atomic mass is 10.1. The highest BCUT2D eigenvalue weighted by Crippen LogP contribution is 2.25. The average molecular weight is 288 g/mol. The van der Waals surface area contributed by atoms with Gasteiger partial charge in [-0.1, -0.05) is 25.5 Å². The Balaban J connectivity index is 2.24. The number of nitrogens with one attached hydrogen (secondary N) is 2. The van der Waals surface area contributed by atoms with Gasteiger partial charge in [-0.3, -0.25) is 0 Å². The summed E-state index contributed by atoms with van der Waals surface area (Å²) in [5, 5.41) is 6.49. The number of nitrogens with zero attached hydrogens (tertiary/aromatic N) is 2. The number of anilines is 2. The second kappa shape index (κ2) is 7.02. The summed E-state index contributed by atoms with van der Waals surface area (Å²) in [6.07, 6.45) is 3.46. The molecule has 1 heterocycles. The molecule has 0 aliphatic rings. The number of benzene rings is 1. The third kappa shape index (κ3) is 3.68. The van der Waals surface area contributed by atoms with Crippen LogP contribution in [0.1, 0.15) is 37.4 Å². The molecule has 1 atom stereocenters. The van der Waals surface area contributed by atoms with E-state index in [1.807, 2.05) is 14.0 Å². The van der Waals surface area contributed by atoms with E-state index in [0.29, 0.717) is 0 Å². The zero-order valence-electron chi connectivity index (χ0n) is 12.7. The van der Waals surface area contributed by atoms with Crippen LogP contribution in [0.2, 0.25) is 0 Å². The lowest BCUT2D eigenvalue weighted by Crippen LogP contribution is -2.12. The van der Waals surface area contributed by atoms with Gasteiger partial charge in [0.25, 0.3) is 0 Å². The Morgan fingerprint density at radius 2 is 1.81 bits per heavy atom. The molecule has 2 rings (SSSR count). The molecule has 0 aliphatic heterocycles. The molecule has 0 fully saturated rings. The molecule has 5 heteroatoms. The summed E-state index contributed by atoms with van der Waals surface area (Å²) in [7, 11) is 1.86. The minimum atomic E-state index is -0.225. The smallest absolute Gasteiger partial charge is 0.135 e. The number of hydrogen-bond acceptors (Lipinski definition) is 4. The van der Waals surface area contributed by atoms with Crippen molar-refractivity contribution in [3.05, 3.63) is 47.5 Å². The van der Waals surface area contributed by atoms with Crippen LogP contribution in [-0.2, 0) is 6.42 Å². The maximum Gasteiger partial charge on any atom is 0.135 e. The highest BCUT2D eigenvalue weighted by molar-refractivity contribution is 5.58. The molecular weight excluding hydrogens is 267 g/mol. The second-order valence-corrected chi connectivity index (χ2v) is 4.97. The monoisotopic (exact) mass is 288 g/mol. The Labute approximate surface area is 124 Å². The van der Waals surface area contributed by atoms with Crippen LogP contribution >= 0.6 is 0 Å². The molecule has 2 N–H and O–H groups in total. The Bertz CT molecular complexity index is 583. The van der Waals surface area contributed by atoms with Crippen LogP contribution in [0.5, 0.6) is 0 Å². The summed E-state index contributed by atoms with van der Waals surface area (Å²) < 4.78 is 13.0. The van der Waals surface area contributed by atoms with E-state index in [4.69, 9.17) is 0 Å². The molecule has 0 spiro atoms. The minimum absolute atomic E-state index is 0.0424. The van der Waals surface area contributed by atoms with Crippen LogP contribution in [0, 0.1) is 5.82 Å². The fraction of sp³-hybridized carbons (Fsp3) is 0.375. The van der Waals surface area contributed by atoms with Crippen molar-refractivity contribution >= 4 is 11.6 Å². The first-order valence-electron chi connectivity index (χ1n) is 7.19. The van der Waals surface area contributed by atoms with Crippen LogP contribution in [0.3, 0.4) is 0 Å². The SMILES string of the molecule is CCCc1c(NC)ncnc1NC(C)c1ccc(F)cc1. The highest BCUT2D eigenvalue weighted by atomic mass is 19.1. The summed E-state index contributed by atoms with van der Waals surface area (Å²) in [5.41, 5.74) is 2.10. The molecule has 112 valence electrons. The van der Waals surface area contributed by atoms with Gasteiger partial charge in [0.05, 0.1) is 0 Å². The summed E-state index contributed by atoms with van der Waals surface area (Å²) in [6, 6.07) is 6.55. The molecule has 2 aromatic rings. The summed E-state index contributed by atoms with van der Waals surface area (Å²) in [6.45, 7) is 4.16. The normalized spacial score (nSPS) is 12.0. The fourth-order valence-corrected chi connectivity index (χ4v) is 2.28. The number of halogens is 1. The molecule has 0 saturated carbocycles. The molecule has 1 aromatic heterocycles. The number of aromatic nitrogens is 2. The van der Waals surface area contributed by atoms with Crippen molar-refractivity contribution in [1.82, 2.24) is 9.97 Å². The molecule has 21 heavy (non-hydrogen) atoms. The van der Waals surface area contributed by atoms with Crippen LogP contribution in [0.4, 0.5) is 16.0 Å². The molecular formula is C16H21FN4. The summed E-state index contributed by atoms with van der Waals surface area (Å²) >= 11 is 0. The van der Waals surface area contributed by atoms with Gasteiger partial charge < -0.3 is 10.6 Å². The minimum Gasteiger partial charge on any atom is -0.373 e. The molecule has 1 unspecified atom stereocenters. The third-order valence-corrected chi connectivity index (χ3v) is 3.41. The summed E-state index contributed by atoms with van der Waals surface area (Å²) in [5.74, 6) is 1.45. The number of rotatable bonds is 6. The summed E-state index contributed by atoms with van der Waals surface area (Å²) in [4.78, 5) is 8.61. The van der Waals surface area contributed by atoms with Crippen molar-refractivity contribution in [2.45, 2.75) is 32.7 Å². The fourth-order valence-electron chi connectivity index (χ4n) is 2.28. The molecule has 0 saturated heterocycles. The predicted molar refractivity (Wildman–Crippen MR) is 84.0 cm³/mol. The van der Waals surface area contributed by atoms with Gasteiger partial charge in [0, 0.05) is 18.7 Å². The quantitative estimate of drug-likeness (QED) is 0.849. The van der Waals surface area contributed by atoms with E-state index in [1.54, 1.807) is 18.5 Å². The lowest BCUT2D eigenvalue weighted by molar-refractivity contribution is 0.626. The van der Waals surface area contributed by atoms with Gasteiger partial charge in [-0.05, 0) is 31.0 Å². The molecule has 0 bridgehead atoms. The first kappa shape index (κ1) is 15.2. The van der Waals surface area contributed by atoms with Crippen molar-refractivity contribution in [2.75, 3.05) is 17.7 Å². The van der Waals surface area contributed by atoms with Crippen molar-refractivity contribution < 1.29 is 4.39 Å². The van der Waals surface area contributed by atoms with Gasteiger partial charge in [0.15, 0.2) is 0 Å². The molecule has 4 nitrogen and oxygen atoms in total. The van der Waals surface area contributed by atoms with Crippen molar-refractivity contribution in [3.63, 3.8) is 0 Å². The van der Waals surface area contributed by atoms with E-state index in [2.05, 4.69) is 27.5 Å². The molecule has 0 aliphatic carbocycles. The topological polar surface area (TPSA) is 49.8 Å². The van der Waals surface area contributed by atoms with E-state index >= 15 is 0 Å². The maximum absolute atomic E-state index is 13.0. The van der Waals surface area contributed by atoms with Crippen LogP contribution in [0.25, 0.3) is 0 Å². The van der Waals surface area contributed by atoms with Gasteiger partial charge in [-0.15, -0.1) is 0 Å². The second-order valence-electron chi connectivity index (χ2n) is 4.97. The Kier molecular flexibility index (Phi) is 5.09. The van der Waals surface area contributed by atoms with E-state index in [9.17, 15) is 4.39 Å². The zero-order chi connectivity index (χ0) is 15.2. The van der Waals surface area contributed by atoms with E-state index in [-0.39, 0.29) is 11.9 Å². The Morgan fingerprint density at radius 3 is 2.43 bits per heavy atom. The van der Waals surface area contributed by atoms with Crippen molar-refractivity contribution in [3.8, 4) is 0 Å². The highest BCUT2D eigenvalue weighted by Gasteiger charge is 2.13. The standard InChI is InChI=1S/C16H21FN4/c1-4-5-14-15(18-3)19-10-20-16(14)21-11(2)12-6-8-13(17)9-7-12/h6-11H,4-5H2,1-3H3,(H2,18,19,20,21). The van der Waals surface area contributed by atoms with Crippen LogP contribution in [0.15, 0.2) is 30.6 Å². The first-order valence-corrected chi connectivity index (χ1v) is 7.19. The van der Waals surface area contributed by atoms with E-state index in [1.165, 1.54) is 12.1 Å². The Hall–Kier alpha value is -2.17. The van der Waals surface area contributed by atoms with Gasteiger partial charge in [-0.2, -0.15) is 0 Å². The average Bonchev–Trinajstić information content (AvgIpc) is 2.49.